The van der Waals surface area contributed by atoms with Crippen LogP contribution in [0.1, 0.15) is 35.2 Å². The lowest BCUT2D eigenvalue weighted by Gasteiger charge is -2.07. The van der Waals surface area contributed by atoms with Crippen molar-refractivity contribution >= 4 is 11.0 Å². The van der Waals surface area contributed by atoms with Crippen LogP contribution in [0, 0.1) is 0 Å². The van der Waals surface area contributed by atoms with Gasteiger partial charge in [-0.25, -0.2) is 4.98 Å². The number of H-pyrrole nitrogens is 1. The van der Waals surface area contributed by atoms with Crippen LogP contribution in [0.25, 0.3) is 22.2 Å². The van der Waals surface area contributed by atoms with Gasteiger partial charge in [0, 0.05) is 5.92 Å². The van der Waals surface area contributed by atoms with Crippen LogP contribution in [-0.4, -0.2) is 9.97 Å². The second-order valence-electron chi connectivity index (χ2n) is 7.29. The zero-order chi connectivity index (χ0) is 19.3. The maximum absolute atomic E-state index is 12.7. The van der Waals surface area contributed by atoms with Crippen LogP contribution in [0.2, 0.25) is 0 Å². The summed E-state index contributed by atoms with van der Waals surface area (Å²) < 4.78 is 38.2. The highest BCUT2D eigenvalue weighted by atomic mass is 19.4. The van der Waals surface area contributed by atoms with Crippen molar-refractivity contribution in [3.8, 4) is 11.1 Å². The SMILES string of the molecule is FC(F)(F)c1ccc([C@@H]2C[C@H]2c2nc3ccc(-c4ccccc4)cc3[nH]2)cc1. The van der Waals surface area contributed by atoms with Gasteiger partial charge in [-0.3, -0.25) is 0 Å². The number of benzene rings is 3. The summed E-state index contributed by atoms with van der Waals surface area (Å²) in [6.07, 6.45) is -3.40. The lowest BCUT2D eigenvalue weighted by molar-refractivity contribution is -0.137. The quantitative estimate of drug-likeness (QED) is 0.432. The Morgan fingerprint density at radius 2 is 1.57 bits per heavy atom. The van der Waals surface area contributed by atoms with E-state index in [-0.39, 0.29) is 11.8 Å². The molecule has 0 unspecified atom stereocenters. The van der Waals surface area contributed by atoms with E-state index in [2.05, 4.69) is 29.2 Å². The summed E-state index contributed by atoms with van der Waals surface area (Å²) in [4.78, 5) is 8.12. The van der Waals surface area contributed by atoms with Crippen LogP contribution >= 0.6 is 0 Å². The minimum Gasteiger partial charge on any atom is -0.342 e. The van der Waals surface area contributed by atoms with Crippen LogP contribution in [-0.2, 0) is 6.18 Å². The lowest BCUT2D eigenvalue weighted by atomic mass is 10.1. The van der Waals surface area contributed by atoms with E-state index in [0.29, 0.717) is 0 Å². The van der Waals surface area contributed by atoms with Gasteiger partial charge in [0.2, 0.25) is 0 Å². The summed E-state index contributed by atoms with van der Waals surface area (Å²) in [5.74, 6) is 1.35. The molecule has 1 N–H and O–H groups in total. The van der Waals surface area contributed by atoms with Gasteiger partial charge >= 0.3 is 6.18 Å². The number of fused-ring (bicyclic) bond motifs is 1. The monoisotopic (exact) mass is 378 g/mol. The molecule has 1 fully saturated rings. The molecule has 1 saturated carbocycles. The molecule has 2 atom stereocenters. The molecule has 0 amide bonds. The predicted octanol–water partition coefficient (Wildman–Crippen LogP) is 6.52. The molecule has 1 heterocycles. The molecule has 4 aromatic rings. The number of aromatic nitrogens is 2. The number of aromatic amines is 1. The van der Waals surface area contributed by atoms with Gasteiger partial charge in [-0.15, -0.1) is 0 Å². The molecule has 2 nitrogen and oxygen atoms in total. The Balaban J connectivity index is 1.39. The van der Waals surface area contributed by atoms with Gasteiger partial charge in [-0.05, 0) is 53.3 Å². The lowest BCUT2D eigenvalue weighted by Crippen LogP contribution is -2.04. The molecule has 0 radical (unpaired) electrons. The van der Waals surface area contributed by atoms with Crippen molar-refractivity contribution in [2.24, 2.45) is 0 Å². The molecule has 0 spiro atoms. The molecule has 28 heavy (non-hydrogen) atoms. The topological polar surface area (TPSA) is 28.7 Å². The van der Waals surface area contributed by atoms with Crippen LogP contribution in [0.15, 0.2) is 72.8 Å². The number of halogens is 3. The number of hydrogen-bond acceptors (Lipinski definition) is 1. The third-order valence-corrected chi connectivity index (χ3v) is 5.42. The van der Waals surface area contributed by atoms with E-state index < -0.39 is 11.7 Å². The second kappa shape index (κ2) is 6.23. The summed E-state index contributed by atoms with van der Waals surface area (Å²) >= 11 is 0. The van der Waals surface area contributed by atoms with E-state index in [0.717, 1.165) is 52.1 Å². The van der Waals surface area contributed by atoms with Crippen molar-refractivity contribution in [1.82, 2.24) is 9.97 Å². The molecule has 5 heteroatoms. The number of nitrogens with one attached hydrogen (secondary N) is 1. The average Bonchev–Trinajstić information content (AvgIpc) is 3.39. The molecule has 140 valence electrons. The van der Waals surface area contributed by atoms with Crippen molar-refractivity contribution in [1.29, 1.82) is 0 Å². The average molecular weight is 378 g/mol. The molecule has 5 rings (SSSR count). The Labute approximate surface area is 160 Å². The summed E-state index contributed by atoms with van der Waals surface area (Å²) in [6.45, 7) is 0. The van der Waals surface area contributed by atoms with Crippen molar-refractivity contribution in [2.75, 3.05) is 0 Å². The summed E-state index contributed by atoms with van der Waals surface area (Å²) in [7, 11) is 0. The highest BCUT2D eigenvalue weighted by Crippen LogP contribution is 2.54. The number of rotatable bonds is 3. The van der Waals surface area contributed by atoms with E-state index in [4.69, 9.17) is 4.98 Å². The van der Waals surface area contributed by atoms with Crippen LogP contribution < -0.4 is 0 Å². The number of alkyl halides is 3. The Bertz CT molecular complexity index is 1130. The highest BCUT2D eigenvalue weighted by molar-refractivity contribution is 5.82. The fraction of sp³-hybridized carbons (Fsp3) is 0.174. The minimum absolute atomic E-state index is 0.219. The zero-order valence-corrected chi connectivity index (χ0v) is 14.9. The smallest absolute Gasteiger partial charge is 0.342 e. The first kappa shape index (κ1) is 17.0. The zero-order valence-electron chi connectivity index (χ0n) is 14.9. The molecule has 0 aliphatic heterocycles. The summed E-state index contributed by atoms with van der Waals surface area (Å²) in [6, 6.07) is 21.8. The van der Waals surface area contributed by atoms with Gasteiger partial charge in [0.1, 0.15) is 5.82 Å². The van der Waals surface area contributed by atoms with E-state index in [1.807, 2.05) is 24.3 Å². The fourth-order valence-corrected chi connectivity index (χ4v) is 3.80. The molecule has 0 saturated heterocycles. The van der Waals surface area contributed by atoms with Gasteiger partial charge < -0.3 is 4.98 Å². The Kier molecular flexibility index (Phi) is 3.79. The third-order valence-electron chi connectivity index (χ3n) is 5.42. The maximum Gasteiger partial charge on any atom is 0.416 e. The normalized spacial score (nSPS) is 19.1. The fourth-order valence-electron chi connectivity index (χ4n) is 3.80. The molecule has 3 aromatic carbocycles. The molecular formula is C23H17F3N2. The Morgan fingerprint density at radius 1 is 0.821 bits per heavy atom. The van der Waals surface area contributed by atoms with Gasteiger partial charge in [-0.1, -0.05) is 48.5 Å². The Hall–Kier alpha value is -3.08. The first-order valence-corrected chi connectivity index (χ1v) is 9.21. The largest absolute Gasteiger partial charge is 0.416 e. The summed E-state index contributed by atoms with van der Waals surface area (Å²) in [5.41, 5.74) is 4.49. The summed E-state index contributed by atoms with van der Waals surface area (Å²) in [5, 5.41) is 0. The van der Waals surface area contributed by atoms with Crippen molar-refractivity contribution < 1.29 is 13.2 Å². The molecule has 1 aliphatic rings. The van der Waals surface area contributed by atoms with Crippen LogP contribution in [0.3, 0.4) is 0 Å². The molecular weight excluding hydrogens is 361 g/mol. The number of nitrogens with zero attached hydrogens (tertiary/aromatic N) is 1. The first-order chi connectivity index (χ1) is 13.5. The number of imidazole rings is 1. The van der Waals surface area contributed by atoms with Gasteiger partial charge in [0.05, 0.1) is 16.6 Å². The maximum atomic E-state index is 12.7. The van der Waals surface area contributed by atoms with E-state index in [1.54, 1.807) is 12.1 Å². The standard InChI is InChI=1S/C23H17F3N2/c24-23(25,26)17-9-6-15(7-10-17)18-13-19(18)22-27-20-11-8-16(12-21(20)28-22)14-4-2-1-3-5-14/h1-12,18-19H,13H2,(H,27,28)/t18-,19+/m0/s1. The van der Waals surface area contributed by atoms with Crippen molar-refractivity contribution in [3.63, 3.8) is 0 Å². The molecule has 1 aliphatic carbocycles. The first-order valence-electron chi connectivity index (χ1n) is 9.21. The number of hydrogen-bond donors (Lipinski definition) is 1. The second-order valence-corrected chi connectivity index (χ2v) is 7.29. The van der Waals surface area contributed by atoms with Gasteiger partial charge in [0.25, 0.3) is 0 Å². The highest BCUT2D eigenvalue weighted by Gasteiger charge is 2.42. The predicted molar refractivity (Wildman–Crippen MR) is 103 cm³/mol. The molecule has 1 aromatic heterocycles. The third kappa shape index (κ3) is 3.07. The van der Waals surface area contributed by atoms with Gasteiger partial charge in [-0.2, -0.15) is 13.2 Å². The van der Waals surface area contributed by atoms with Crippen molar-refractivity contribution in [3.05, 3.63) is 89.7 Å². The van der Waals surface area contributed by atoms with Crippen molar-refractivity contribution in [2.45, 2.75) is 24.4 Å². The van der Waals surface area contributed by atoms with Gasteiger partial charge in [0.15, 0.2) is 0 Å². The van der Waals surface area contributed by atoms with Crippen LogP contribution in [0.4, 0.5) is 13.2 Å². The Morgan fingerprint density at radius 3 is 2.29 bits per heavy atom. The molecule has 0 bridgehead atoms. The van der Waals surface area contributed by atoms with Crippen LogP contribution in [0.5, 0.6) is 0 Å². The minimum atomic E-state index is -4.29. The van der Waals surface area contributed by atoms with E-state index in [9.17, 15) is 13.2 Å². The van der Waals surface area contributed by atoms with E-state index >= 15 is 0 Å². The van der Waals surface area contributed by atoms with E-state index in [1.165, 1.54) is 0 Å².